The van der Waals surface area contributed by atoms with E-state index in [9.17, 15) is 0 Å². The molecule has 0 atom stereocenters. The number of rotatable bonds is 0. The van der Waals surface area contributed by atoms with Gasteiger partial charge in [0.25, 0.3) is 0 Å². The molecule has 0 N–H and O–H groups in total. The largest absolute Gasteiger partial charge is 0.0776 e. The second-order valence-electron chi connectivity index (χ2n) is 23.3. The van der Waals surface area contributed by atoms with Crippen LogP contribution in [-0.4, -0.2) is 0 Å². The molecule has 0 radical (unpaired) electrons. The van der Waals surface area contributed by atoms with Gasteiger partial charge in [0.1, 0.15) is 0 Å². The molecule has 0 spiro atoms. The highest BCUT2D eigenvalue weighted by atomic mass is 14.3. The SMILES string of the molecule is C.c1ccc2c(c1)Cc1c-2ccc2c1-c1ccccc1C2.c1ccc2c(c1)Cc1cc3c(cc1-2)-c1ccccc1C3.c1ccc2c(c1)Cc1cc3c(cc1-2)Cc1ccccc1-3.c1ccc2c(c1)Cc1ccc3c(c1-2)-c1ccccc1C3. The van der Waals surface area contributed by atoms with Crippen LogP contribution in [0.5, 0.6) is 0 Å². The predicted molar refractivity (Wildman–Crippen MR) is 338 cm³/mol. The fourth-order valence-electron chi connectivity index (χ4n) is 15.3. The third-order valence-electron chi connectivity index (χ3n) is 18.9. The summed E-state index contributed by atoms with van der Waals surface area (Å²) in [6.07, 6.45) is 8.70. The van der Waals surface area contributed by atoms with Crippen molar-refractivity contribution in [2.75, 3.05) is 0 Å². The molecule has 0 heteroatoms. The van der Waals surface area contributed by atoms with Crippen LogP contribution in [-0.2, 0) is 51.4 Å². The maximum absolute atomic E-state index is 2.44. The molecule has 0 saturated carbocycles. The molecule has 81 heavy (non-hydrogen) atoms. The number of hydrogen-bond acceptors (Lipinski definition) is 0. The molecule has 12 aromatic carbocycles. The van der Waals surface area contributed by atoms with Crippen LogP contribution >= 0.6 is 0 Å². The van der Waals surface area contributed by atoms with Gasteiger partial charge in [-0.15, -0.1) is 0 Å². The molecule has 8 aliphatic carbocycles. The average Bonchev–Trinajstić information content (AvgIpc) is 4.43. The summed E-state index contributed by atoms with van der Waals surface area (Å²) < 4.78 is 0. The van der Waals surface area contributed by atoms with Gasteiger partial charge in [-0.25, -0.2) is 0 Å². The molecule has 0 nitrogen and oxygen atoms in total. The fraction of sp³-hybridized carbons (Fsp3) is 0.111. The van der Waals surface area contributed by atoms with Gasteiger partial charge in [0.15, 0.2) is 0 Å². The molecular weight excluding hydrogens is 973 g/mol. The lowest BCUT2D eigenvalue weighted by atomic mass is 9.94. The van der Waals surface area contributed by atoms with E-state index in [1.165, 1.54) is 178 Å². The van der Waals surface area contributed by atoms with Crippen molar-refractivity contribution in [1.29, 1.82) is 0 Å². The molecule has 384 valence electrons. The quantitative estimate of drug-likeness (QED) is 0.142. The molecule has 0 saturated heterocycles. The lowest BCUT2D eigenvalue weighted by Crippen LogP contribution is -1.88. The second-order valence-corrected chi connectivity index (χ2v) is 23.3. The zero-order valence-electron chi connectivity index (χ0n) is 44.8. The maximum atomic E-state index is 2.44. The third kappa shape index (κ3) is 7.65. The Bertz CT molecular complexity index is 4370. The maximum Gasteiger partial charge on any atom is -0.000718 e. The van der Waals surface area contributed by atoms with Crippen molar-refractivity contribution in [3.8, 4) is 89.0 Å². The zero-order chi connectivity index (χ0) is 52.4. The van der Waals surface area contributed by atoms with Crippen LogP contribution in [0.15, 0.2) is 243 Å². The summed E-state index contributed by atoms with van der Waals surface area (Å²) in [7, 11) is 0. The summed E-state index contributed by atoms with van der Waals surface area (Å²) in [5, 5.41) is 0. The molecule has 0 fully saturated rings. The minimum atomic E-state index is 0. The van der Waals surface area contributed by atoms with Crippen molar-refractivity contribution in [1.82, 2.24) is 0 Å². The average molecular weight is 1030 g/mol. The Hall–Kier alpha value is -9.36. The van der Waals surface area contributed by atoms with Crippen LogP contribution in [0, 0.1) is 0 Å². The molecule has 0 aromatic heterocycles. The first kappa shape index (κ1) is 47.6. The van der Waals surface area contributed by atoms with E-state index in [0.29, 0.717) is 0 Å². The van der Waals surface area contributed by atoms with Crippen LogP contribution in [0.2, 0.25) is 0 Å². The van der Waals surface area contributed by atoms with Gasteiger partial charge in [-0.05, 0) is 248 Å². The van der Waals surface area contributed by atoms with Gasteiger partial charge in [0.05, 0.1) is 0 Å². The van der Waals surface area contributed by atoms with E-state index in [-0.39, 0.29) is 7.43 Å². The van der Waals surface area contributed by atoms with Gasteiger partial charge in [-0.3, -0.25) is 0 Å². The molecule has 0 amide bonds. The second kappa shape index (κ2) is 18.9. The highest BCUT2D eigenvalue weighted by Gasteiger charge is 2.31. The van der Waals surface area contributed by atoms with E-state index in [4.69, 9.17) is 0 Å². The van der Waals surface area contributed by atoms with E-state index >= 15 is 0 Å². The van der Waals surface area contributed by atoms with Gasteiger partial charge in [0.2, 0.25) is 0 Å². The van der Waals surface area contributed by atoms with Crippen LogP contribution in [0.25, 0.3) is 89.0 Å². The predicted octanol–water partition coefficient (Wildman–Crippen LogP) is 20.0. The van der Waals surface area contributed by atoms with Crippen LogP contribution in [0.1, 0.15) is 96.4 Å². The summed E-state index contributed by atoms with van der Waals surface area (Å²) in [4.78, 5) is 0. The summed E-state index contributed by atoms with van der Waals surface area (Å²) in [6, 6.07) is 89.7. The lowest BCUT2D eigenvalue weighted by molar-refractivity contribution is 1.21. The first-order valence-electron chi connectivity index (χ1n) is 28.9. The Morgan fingerprint density at radius 2 is 0.395 bits per heavy atom. The van der Waals surface area contributed by atoms with Gasteiger partial charge >= 0.3 is 0 Å². The van der Waals surface area contributed by atoms with Crippen LogP contribution < -0.4 is 0 Å². The Kier molecular flexibility index (Phi) is 11.1. The molecule has 0 bridgehead atoms. The van der Waals surface area contributed by atoms with Crippen molar-refractivity contribution >= 4 is 0 Å². The van der Waals surface area contributed by atoms with E-state index < -0.39 is 0 Å². The minimum absolute atomic E-state index is 0. The van der Waals surface area contributed by atoms with Gasteiger partial charge in [0, 0.05) is 0 Å². The summed E-state index contributed by atoms with van der Waals surface area (Å²) >= 11 is 0. The molecule has 0 aliphatic heterocycles. The van der Waals surface area contributed by atoms with Crippen molar-refractivity contribution in [2.45, 2.75) is 58.8 Å². The fourth-order valence-corrected chi connectivity index (χ4v) is 15.3. The molecule has 0 heterocycles. The van der Waals surface area contributed by atoms with E-state index in [0.717, 1.165) is 51.4 Å². The molecular formula is C81H60. The molecule has 12 aromatic rings. The van der Waals surface area contributed by atoms with Crippen LogP contribution in [0.4, 0.5) is 0 Å². The standard InChI is InChI=1S/4C20H14.CH4/c1-3-7-16-14(6-1)12-19-18(16)10-9-15-11-13-5-2-4-8-17(13)20(15)19;1-3-7-17-13(5-1)9-15-11-20-16(12-19(15)17)10-14-6-2-4-8-18(14)20;1-3-7-17-13(5-1)9-15-11-16-10-14-6-2-4-8-18(14)20(16)12-19(15)17;1-3-7-17-13(5-1)11-15-9-10-16-12-14-6-2-4-8-18(14)20(16)19(15)17;/h1-10H,11-12H2;2*1-8,11-12H,9-10H2;1-10H,11-12H2;1H4. The monoisotopic (exact) mass is 1030 g/mol. The lowest BCUT2D eigenvalue weighted by Gasteiger charge is -2.10. The topological polar surface area (TPSA) is 0 Å². The van der Waals surface area contributed by atoms with E-state index in [1.807, 2.05) is 0 Å². The number of benzene rings is 12. The minimum Gasteiger partial charge on any atom is -0.0776 e. The number of fused-ring (bicyclic) bond motifs is 26. The summed E-state index contributed by atoms with van der Waals surface area (Å²) in [5.74, 6) is 0. The third-order valence-corrected chi connectivity index (χ3v) is 18.9. The molecule has 0 unspecified atom stereocenters. The Morgan fingerprint density at radius 1 is 0.148 bits per heavy atom. The van der Waals surface area contributed by atoms with E-state index in [2.05, 4.69) is 243 Å². The smallest absolute Gasteiger partial charge is 0.000718 e. The first-order valence-corrected chi connectivity index (χ1v) is 28.9. The summed E-state index contributed by atoms with van der Waals surface area (Å²) in [6.45, 7) is 0. The molecule has 8 aliphatic rings. The van der Waals surface area contributed by atoms with Gasteiger partial charge in [-0.1, -0.05) is 232 Å². The van der Waals surface area contributed by atoms with Crippen molar-refractivity contribution in [3.05, 3.63) is 332 Å². The van der Waals surface area contributed by atoms with Crippen molar-refractivity contribution < 1.29 is 0 Å². The van der Waals surface area contributed by atoms with Gasteiger partial charge in [-0.2, -0.15) is 0 Å². The first-order chi connectivity index (χ1) is 39.6. The Balaban J connectivity index is 0.0000000889. The van der Waals surface area contributed by atoms with Crippen molar-refractivity contribution in [2.24, 2.45) is 0 Å². The Morgan fingerprint density at radius 3 is 0.778 bits per heavy atom. The normalized spacial score (nSPS) is 13.4. The highest BCUT2D eigenvalue weighted by molar-refractivity contribution is 5.96. The summed E-state index contributed by atoms with van der Waals surface area (Å²) in [5.41, 5.74) is 46.9. The highest BCUT2D eigenvalue weighted by Crippen LogP contribution is 2.51. The number of hydrogen-bond donors (Lipinski definition) is 0. The van der Waals surface area contributed by atoms with Crippen LogP contribution in [0.3, 0.4) is 0 Å². The zero-order valence-corrected chi connectivity index (χ0v) is 44.8. The van der Waals surface area contributed by atoms with Gasteiger partial charge < -0.3 is 0 Å². The Labute approximate surface area is 476 Å². The molecule has 20 rings (SSSR count). The van der Waals surface area contributed by atoms with Crippen molar-refractivity contribution in [3.63, 3.8) is 0 Å². The van der Waals surface area contributed by atoms with E-state index in [1.54, 1.807) is 0 Å².